The molecule has 1 saturated heterocycles. The number of anilines is 1. The van der Waals surface area contributed by atoms with E-state index in [4.69, 9.17) is 11.6 Å². The van der Waals surface area contributed by atoms with Gasteiger partial charge in [0.15, 0.2) is 5.82 Å². The molecule has 2 heterocycles. The normalized spacial score (nSPS) is 25.7. The highest BCUT2D eigenvalue weighted by Crippen LogP contribution is 2.39. The van der Waals surface area contributed by atoms with Crippen LogP contribution in [0.5, 0.6) is 0 Å². The summed E-state index contributed by atoms with van der Waals surface area (Å²) in [5.74, 6) is 0.502. The van der Waals surface area contributed by atoms with Crippen LogP contribution in [-0.2, 0) is 0 Å². The highest BCUT2D eigenvalue weighted by Gasteiger charge is 2.40. The minimum atomic E-state index is -0.290. The van der Waals surface area contributed by atoms with E-state index in [0.717, 1.165) is 19.4 Å². The van der Waals surface area contributed by atoms with Crippen LogP contribution in [0.3, 0.4) is 0 Å². The Kier molecular flexibility index (Phi) is 3.03. The minimum absolute atomic E-state index is 0.152. The number of nitrogens with zero attached hydrogens (tertiary/aromatic N) is 1. The van der Waals surface area contributed by atoms with E-state index >= 15 is 0 Å². The standard InChI is InChI=1S/C12H17ClN4O/c13-9-10(14-7-15-11(9)18)17-8-2-5-16-12(6-8)3-1-4-12/h7-8,16H,1-6H2,(H2,14,15,17,18). The number of rotatable bonds is 2. The van der Waals surface area contributed by atoms with Gasteiger partial charge >= 0.3 is 0 Å². The number of piperidine rings is 1. The third kappa shape index (κ3) is 2.12. The highest BCUT2D eigenvalue weighted by molar-refractivity contribution is 6.32. The van der Waals surface area contributed by atoms with Crippen molar-refractivity contribution in [2.24, 2.45) is 0 Å². The van der Waals surface area contributed by atoms with Crippen LogP contribution in [0.1, 0.15) is 32.1 Å². The lowest BCUT2D eigenvalue weighted by Crippen LogP contribution is -2.58. The van der Waals surface area contributed by atoms with Crippen LogP contribution in [0, 0.1) is 0 Å². The number of aromatic nitrogens is 2. The molecule has 2 fully saturated rings. The van der Waals surface area contributed by atoms with Gasteiger partial charge in [0, 0.05) is 11.6 Å². The molecule has 3 N–H and O–H groups in total. The molecule has 0 aromatic carbocycles. The van der Waals surface area contributed by atoms with Crippen molar-refractivity contribution in [1.29, 1.82) is 0 Å². The first-order chi connectivity index (χ1) is 8.69. The first-order valence-electron chi connectivity index (χ1n) is 6.43. The van der Waals surface area contributed by atoms with Gasteiger partial charge < -0.3 is 15.6 Å². The molecular formula is C12H17ClN4O. The van der Waals surface area contributed by atoms with Crippen molar-refractivity contribution >= 4 is 17.4 Å². The molecule has 1 atom stereocenters. The SMILES string of the molecule is O=c1[nH]cnc(NC2CCNC3(CCC3)C2)c1Cl. The van der Waals surface area contributed by atoms with Crippen LogP contribution in [0.15, 0.2) is 11.1 Å². The second kappa shape index (κ2) is 4.55. The topological polar surface area (TPSA) is 69.8 Å². The summed E-state index contributed by atoms with van der Waals surface area (Å²) in [6.45, 7) is 1.01. The number of hydrogen-bond donors (Lipinski definition) is 3. The predicted molar refractivity (Wildman–Crippen MR) is 71.1 cm³/mol. The number of aromatic amines is 1. The number of halogens is 1. The van der Waals surface area contributed by atoms with Crippen LogP contribution < -0.4 is 16.2 Å². The largest absolute Gasteiger partial charge is 0.366 e. The van der Waals surface area contributed by atoms with E-state index in [1.165, 1.54) is 25.6 Å². The smallest absolute Gasteiger partial charge is 0.271 e. The van der Waals surface area contributed by atoms with Crippen LogP contribution in [0.4, 0.5) is 5.82 Å². The first kappa shape index (κ1) is 12.0. The third-order valence-corrected chi connectivity index (χ3v) is 4.43. The zero-order valence-corrected chi connectivity index (χ0v) is 10.9. The lowest BCUT2D eigenvalue weighted by Gasteiger charge is -2.48. The van der Waals surface area contributed by atoms with Gasteiger partial charge in [0.1, 0.15) is 5.02 Å². The Hall–Kier alpha value is -1.07. The summed E-state index contributed by atoms with van der Waals surface area (Å²) in [5, 5.41) is 7.07. The van der Waals surface area contributed by atoms with Crippen molar-refractivity contribution in [2.45, 2.75) is 43.7 Å². The average molecular weight is 269 g/mol. The first-order valence-corrected chi connectivity index (χ1v) is 6.81. The monoisotopic (exact) mass is 268 g/mol. The zero-order chi connectivity index (χ0) is 12.6. The minimum Gasteiger partial charge on any atom is -0.366 e. The molecule has 98 valence electrons. The van der Waals surface area contributed by atoms with E-state index in [1.54, 1.807) is 0 Å². The maximum Gasteiger partial charge on any atom is 0.271 e. The Bertz CT molecular complexity index is 497. The molecule has 0 amide bonds. The van der Waals surface area contributed by atoms with Crippen molar-refractivity contribution in [3.63, 3.8) is 0 Å². The van der Waals surface area contributed by atoms with Crippen LogP contribution in [0.2, 0.25) is 5.02 Å². The fraction of sp³-hybridized carbons (Fsp3) is 0.667. The fourth-order valence-corrected chi connectivity index (χ4v) is 3.10. The van der Waals surface area contributed by atoms with Gasteiger partial charge in [-0.15, -0.1) is 0 Å². The number of H-pyrrole nitrogens is 1. The maximum absolute atomic E-state index is 11.4. The molecule has 2 aliphatic rings. The third-order valence-electron chi connectivity index (χ3n) is 4.08. The van der Waals surface area contributed by atoms with Crippen molar-refractivity contribution in [2.75, 3.05) is 11.9 Å². The fourth-order valence-electron chi connectivity index (χ4n) is 2.94. The van der Waals surface area contributed by atoms with E-state index in [0.29, 0.717) is 17.4 Å². The molecule has 0 radical (unpaired) electrons. The van der Waals surface area contributed by atoms with E-state index in [2.05, 4.69) is 20.6 Å². The summed E-state index contributed by atoms with van der Waals surface area (Å²) >= 11 is 5.95. The molecule has 1 aliphatic heterocycles. The Labute approximate surface area is 110 Å². The Balaban J connectivity index is 1.72. The summed E-state index contributed by atoms with van der Waals surface area (Å²) in [7, 11) is 0. The van der Waals surface area contributed by atoms with E-state index in [-0.39, 0.29) is 10.6 Å². The van der Waals surface area contributed by atoms with Crippen molar-refractivity contribution in [3.8, 4) is 0 Å². The van der Waals surface area contributed by atoms with Crippen molar-refractivity contribution in [3.05, 3.63) is 21.7 Å². The van der Waals surface area contributed by atoms with E-state index in [1.807, 2.05) is 0 Å². The van der Waals surface area contributed by atoms with Gasteiger partial charge in [0.2, 0.25) is 0 Å². The molecule has 6 heteroatoms. The predicted octanol–water partition coefficient (Wildman–Crippen LogP) is 1.51. The molecular weight excluding hydrogens is 252 g/mol. The molecule has 1 spiro atoms. The van der Waals surface area contributed by atoms with Gasteiger partial charge in [-0.2, -0.15) is 0 Å². The zero-order valence-electron chi connectivity index (χ0n) is 10.1. The van der Waals surface area contributed by atoms with Crippen LogP contribution in [0.25, 0.3) is 0 Å². The molecule has 1 aromatic heterocycles. The average Bonchev–Trinajstić information content (AvgIpc) is 2.34. The van der Waals surface area contributed by atoms with Gasteiger partial charge in [-0.1, -0.05) is 11.6 Å². The molecule has 1 aliphatic carbocycles. The van der Waals surface area contributed by atoms with Gasteiger partial charge in [-0.05, 0) is 38.6 Å². The summed E-state index contributed by atoms with van der Waals surface area (Å²) in [4.78, 5) is 18.0. The van der Waals surface area contributed by atoms with Crippen LogP contribution in [-0.4, -0.2) is 28.1 Å². The molecule has 1 saturated carbocycles. The number of hydrogen-bond acceptors (Lipinski definition) is 4. The van der Waals surface area contributed by atoms with Gasteiger partial charge in [0.05, 0.1) is 6.33 Å². The Morgan fingerprint density at radius 2 is 2.33 bits per heavy atom. The second-order valence-corrected chi connectivity index (χ2v) is 5.67. The molecule has 3 rings (SSSR count). The Morgan fingerprint density at radius 3 is 3.06 bits per heavy atom. The number of nitrogens with one attached hydrogen (secondary N) is 3. The van der Waals surface area contributed by atoms with Gasteiger partial charge in [0.25, 0.3) is 5.56 Å². The molecule has 1 aromatic rings. The second-order valence-electron chi connectivity index (χ2n) is 5.29. The maximum atomic E-state index is 11.4. The quantitative estimate of drug-likeness (QED) is 0.760. The lowest BCUT2D eigenvalue weighted by molar-refractivity contribution is 0.135. The Morgan fingerprint density at radius 1 is 1.50 bits per heavy atom. The van der Waals surface area contributed by atoms with Gasteiger partial charge in [-0.3, -0.25) is 4.79 Å². The lowest BCUT2D eigenvalue weighted by atomic mass is 9.70. The molecule has 0 bridgehead atoms. The molecule has 1 unspecified atom stereocenters. The summed E-state index contributed by atoms with van der Waals surface area (Å²) in [6, 6.07) is 0.346. The van der Waals surface area contributed by atoms with Crippen LogP contribution >= 0.6 is 11.6 Å². The van der Waals surface area contributed by atoms with E-state index < -0.39 is 0 Å². The summed E-state index contributed by atoms with van der Waals surface area (Å²) in [6.07, 6.45) is 7.31. The van der Waals surface area contributed by atoms with E-state index in [9.17, 15) is 4.79 Å². The highest BCUT2D eigenvalue weighted by atomic mass is 35.5. The van der Waals surface area contributed by atoms with Crippen molar-refractivity contribution in [1.82, 2.24) is 15.3 Å². The summed E-state index contributed by atoms with van der Waals surface area (Å²) < 4.78 is 0. The van der Waals surface area contributed by atoms with Gasteiger partial charge in [-0.25, -0.2) is 4.98 Å². The molecule has 5 nitrogen and oxygen atoms in total. The molecule has 18 heavy (non-hydrogen) atoms. The van der Waals surface area contributed by atoms with Crippen molar-refractivity contribution < 1.29 is 0 Å². The summed E-state index contributed by atoms with van der Waals surface area (Å²) in [5.41, 5.74) is 0.0327.